The molecule has 2 aliphatic heterocycles. The Balaban J connectivity index is 1.50. The number of carbonyl (C=O) groups excluding carboxylic acids is 1. The van der Waals surface area contributed by atoms with Gasteiger partial charge >= 0.3 is 0 Å². The lowest BCUT2D eigenvalue weighted by atomic mass is 10.2. The first-order chi connectivity index (χ1) is 12.1. The number of hydrogen-bond acceptors (Lipinski definition) is 4. The van der Waals surface area contributed by atoms with E-state index in [1.54, 1.807) is 12.1 Å². The molecule has 6 heteroatoms. The fourth-order valence-corrected chi connectivity index (χ4v) is 4.83. The third-order valence-electron chi connectivity index (χ3n) is 5.19. The molecule has 3 heterocycles. The highest BCUT2D eigenvalue weighted by atomic mass is 32.1. The normalized spacial score (nSPS) is 21.2. The molecule has 1 aromatic heterocycles. The average molecular weight is 359 g/mol. The van der Waals surface area contributed by atoms with Gasteiger partial charge < -0.3 is 4.90 Å². The molecule has 1 aromatic carbocycles. The summed E-state index contributed by atoms with van der Waals surface area (Å²) in [7, 11) is 0. The highest BCUT2D eigenvalue weighted by molar-refractivity contribution is 7.17. The van der Waals surface area contributed by atoms with Gasteiger partial charge in [-0.2, -0.15) is 0 Å². The van der Waals surface area contributed by atoms with Crippen LogP contribution >= 0.6 is 11.3 Å². The van der Waals surface area contributed by atoms with E-state index in [4.69, 9.17) is 0 Å². The van der Waals surface area contributed by atoms with Crippen molar-refractivity contribution in [2.75, 3.05) is 26.2 Å². The quantitative estimate of drug-likeness (QED) is 0.841. The number of hydrogen-bond donors (Lipinski definition) is 0. The summed E-state index contributed by atoms with van der Waals surface area (Å²) in [5, 5.41) is 0.774. The second-order valence-electron chi connectivity index (χ2n) is 6.88. The van der Waals surface area contributed by atoms with E-state index in [-0.39, 0.29) is 11.7 Å². The van der Waals surface area contributed by atoms with E-state index < -0.39 is 0 Å². The Morgan fingerprint density at radius 3 is 2.64 bits per heavy atom. The summed E-state index contributed by atoms with van der Waals surface area (Å²) in [4.78, 5) is 22.7. The molecule has 4 nitrogen and oxygen atoms in total. The van der Waals surface area contributed by atoms with Crippen molar-refractivity contribution in [3.05, 3.63) is 40.7 Å². The van der Waals surface area contributed by atoms with Crippen LogP contribution in [0.4, 0.5) is 4.39 Å². The number of aryl methyl sites for hydroxylation is 1. The highest BCUT2D eigenvalue weighted by Crippen LogP contribution is 2.30. The van der Waals surface area contributed by atoms with E-state index in [0.29, 0.717) is 10.9 Å². The first-order valence-electron chi connectivity index (χ1n) is 8.88. The van der Waals surface area contributed by atoms with Crippen LogP contribution in [0.2, 0.25) is 0 Å². The van der Waals surface area contributed by atoms with Crippen molar-refractivity contribution >= 4 is 17.2 Å². The number of benzene rings is 1. The van der Waals surface area contributed by atoms with Gasteiger partial charge in [0.2, 0.25) is 0 Å². The SMILES string of the molecule is Cc1nc(-c2ccc(F)cc2)sc1C(=O)N1CCC(N2CCCC2)C1. The molecule has 1 amide bonds. The first-order valence-corrected chi connectivity index (χ1v) is 9.70. The fraction of sp³-hybridized carbons (Fsp3) is 0.474. The molecule has 4 rings (SSSR count). The molecule has 0 aliphatic carbocycles. The number of nitrogens with zero attached hydrogens (tertiary/aromatic N) is 3. The van der Waals surface area contributed by atoms with Crippen molar-refractivity contribution in [2.24, 2.45) is 0 Å². The number of carbonyl (C=O) groups is 1. The zero-order valence-electron chi connectivity index (χ0n) is 14.4. The molecule has 0 saturated carbocycles. The number of rotatable bonds is 3. The van der Waals surface area contributed by atoms with Gasteiger partial charge in [0.15, 0.2) is 0 Å². The smallest absolute Gasteiger partial charge is 0.265 e. The monoisotopic (exact) mass is 359 g/mol. The number of likely N-dealkylation sites (tertiary alicyclic amines) is 2. The van der Waals surface area contributed by atoms with Gasteiger partial charge in [-0.05, 0) is 63.5 Å². The van der Waals surface area contributed by atoms with Crippen LogP contribution in [0.1, 0.15) is 34.6 Å². The molecule has 1 atom stereocenters. The fourth-order valence-electron chi connectivity index (χ4n) is 3.79. The average Bonchev–Trinajstić information content (AvgIpc) is 3.35. The summed E-state index contributed by atoms with van der Waals surface area (Å²) < 4.78 is 13.1. The Kier molecular flexibility index (Phi) is 4.56. The van der Waals surface area contributed by atoms with E-state index in [9.17, 15) is 9.18 Å². The Bertz CT molecular complexity index is 767. The third-order valence-corrected chi connectivity index (χ3v) is 6.38. The van der Waals surface area contributed by atoms with Crippen molar-refractivity contribution in [3.63, 3.8) is 0 Å². The third kappa shape index (κ3) is 3.33. The molecular formula is C19H22FN3OS. The molecule has 2 aromatic rings. The molecule has 0 N–H and O–H groups in total. The van der Waals surface area contributed by atoms with Gasteiger partial charge in [-0.25, -0.2) is 9.37 Å². The van der Waals surface area contributed by atoms with Crippen LogP contribution in [0.25, 0.3) is 10.6 Å². The second-order valence-corrected chi connectivity index (χ2v) is 7.88. The molecule has 2 saturated heterocycles. The van der Waals surface area contributed by atoms with E-state index in [0.717, 1.165) is 35.8 Å². The maximum absolute atomic E-state index is 13.1. The van der Waals surface area contributed by atoms with E-state index in [2.05, 4.69) is 9.88 Å². The second kappa shape index (κ2) is 6.84. The van der Waals surface area contributed by atoms with Gasteiger partial charge in [0.05, 0.1) is 5.69 Å². The predicted molar refractivity (Wildman–Crippen MR) is 97.4 cm³/mol. The van der Waals surface area contributed by atoms with E-state index in [1.807, 2.05) is 11.8 Å². The molecule has 2 fully saturated rings. The van der Waals surface area contributed by atoms with E-state index in [1.165, 1.54) is 49.4 Å². The minimum Gasteiger partial charge on any atom is -0.336 e. The lowest BCUT2D eigenvalue weighted by molar-refractivity contribution is 0.0784. The number of aromatic nitrogens is 1. The zero-order valence-corrected chi connectivity index (χ0v) is 15.2. The zero-order chi connectivity index (χ0) is 17.4. The van der Waals surface area contributed by atoms with Crippen LogP contribution in [0, 0.1) is 12.7 Å². The molecule has 2 aliphatic rings. The molecule has 0 bridgehead atoms. The number of halogens is 1. The van der Waals surface area contributed by atoms with Gasteiger partial charge in [-0.3, -0.25) is 9.69 Å². The predicted octanol–water partition coefficient (Wildman–Crippen LogP) is 3.57. The maximum atomic E-state index is 13.1. The molecule has 25 heavy (non-hydrogen) atoms. The minimum atomic E-state index is -0.265. The molecular weight excluding hydrogens is 337 g/mol. The van der Waals surface area contributed by atoms with Crippen LogP contribution in [0.3, 0.4) is 0 Å². The maximum Gasteiger partial charge on any atom is 0.265 e. The Morgan fingerprint density at radius 1 is 1.20 bits per heavy atom. The Morgan fingerprint density at radius 2 is 1.92 bits per heavy atom. The summed E-state index contributed by atoms with van der Waals surface area (Å²) in [6.45, 7) is 5.86. The highest BCUT2D eigenvalue weighted by Gasteiger charge is 2.33. The standard InChI is InChI=1S/C19H22FN3OS/c1-13-17(25-18(21-13)14-4-6-15(20)7-5-14)19(24)23-11-8-16(12-23)22-9-2-3-10-22/h4-7,16H,2-3,8-12H2,1H3. The first kappa shape index (κ1) is 16.7. The van der Waals surface area contributed by atoms with Gasteiger partial charge in [0, 0.05) is 24.7 Å². The van der Waals surface area contributed by atoms with Crippen LogP contribution in [-0.2, 0) is 0 Å². The molecule has 132 valence electrons. The Hall–Kier alpha value is -1.79. The van der Waals surface area contributed by atoms with E-state index >= 15 is 0 Å². The molecule has 0 spiro atoms. The lowest BCUT2D eigenvalue weighted by Crippen LogP contribution is -2.37. The Labute approximate surface area is 151 Å². The summed E-state index contributed by atoms with van der Waals surface area (Å²) >= 11 is 1.41. The van der Waals surface area contributed by atoms with Crippen LogP contribution in [-0.4, -0.2) is 52.9 Å². The summed E-state index contributed by atoms with van der Waals surface area (Å²) in [6.07, 6.45) is 3.62. The largest absolute Gasteiger partial charge is 0.336 e. The van der Waals surface area contributed by atoms with Crippen LogP contribution in [0.5, 0.6) is 0 Å². The molecule has 0 radical (unpaired) electrons. The van der Waals surface area contributed by atoms with Crippen LogP contribution in [0.15, 0.2) is 24.3 Å². The van der Waals surface area contributed by atoms with Crippen molar-refractivity contribution in [3.8, 4) is 10.6 Å². The number of thiazole rings is 1. The summed E-state index contributed by atoms with van der Waals surface area (Å²) in [5.74, 6) is -0.177. The lowest BCUT2D eigenvalue weighted by Gasteiger charge is -2.23. The van der Waals surface area contributed by atoms with Crippen LogP contribution < -0.4 is 0 Å². The van der Waals surface area contributed by atoms with Crippen molar-refractivity contribution in [1.29, 1.82) is 0 Å². The summed E-state index contributed by atoms with van der Waals surface area (Å²) in [6, 6.07) is 6.78. The van der Waals surface area contributed by atoms with Gasteiger partial charge in [0.25, 0.3) is 5.91 Å². The van der Waals surface area contributed by atoms with Gasteiger partial charge in [0.1, 0.15) is 15.7 Å². The van der Waals surface area contributed by atoms with Crippen molar-refractivity contribution in [1.82, 2.24) is 14.8 Å². The number of amides is 1. The van der Waals surface area contributed by atoms with Crippen molar-refractivity contribution < 1.29 is 9.18 Å². The van der Waals surface area contributed by atoms with Crippen molar-refractivity contribution in [2.45, 2.75) is 32.2 Å². The van der Waals surface area contributed by atoms with Gasteiger partial charge in [-0.15, -0.1) is 11.3 Å². The molecule has 1 unspecified atom stereocenters. The topological polar surface area (TPSA) is 36.4 Å². The minimum absolute atomic E-state index is 0.0880. The van der Waals surface area contributed by atoms with Gasteiger partial charge in [-0.1, -0.05) is 0 Å². The summed E-state index contributed by atoms with van der Waals surface area (Å²) in [5.41, 5.74) is 1.61.